The van der Waals surface area contributed by atoms with E-state index < -0.39 is 17.5 Å². The first-order valence-corrected chi connectivity index (χ1v) is 8.76. The molecule has 1 N–H and O–H groups in total. The van der Waals surface area contributed by atoms with E-state index in [2.05, 4.69) is 5.32 Å². The van der Waals surface area contributed by atoms with Gasteiger partial charge in [0.05, 0.1) is 6.26 Å². The lowest BCUT2D eigenvalue weighted by molar-refractivity contribution is 0.0701. The molecule has 0 radical (unpaired) electrons. The zero-order chi connectivity index (χ0) is 20.2. The minimum atomic E-state index is -0.780. The third-order valence-electron chi connectivity index (χ3n) is 4.18. The zero-order valence-corrected chi connectivity index (χ0v) is 15.1. The third-order valence-corrected chi connectivity index (χ3v) is 4.18. The molecule has 0 spiro atoms. The van der Waals surface area contributed by atoms with Crippen molar-refractivity contribution in [1.29, 1.82) is 0 Å². The van der Waals surface area contributed by atoms with Crippen LogP contribution >= 0.6 is 0 Å². The van der Waals surface area contributed by atoms with Gasteiger partial charge in [-0.2, -0.15) is 0 Å². The lowest BCUT2D eigenvalue weighted by Gasteiger charge is -2.06. The maximum absolute atomic E-state index is 12.4. The Morgan fingerprint density at radius 3 is 2.55 bits per heavy atom. The summed E-state index contributed by atoms with van der Waals surface area (Å²) in [5.41, 5.74) is 0.222. The van der Waals surface area contributed by atoms with Gasteiger partial charge in [0.2, 0.25) is 5.76 Å². The topological polar surface area (TPSA) is 98.8 Å². The van der Waals surface area contributed by atoms with Gasteiger partial charge in [0.25, 0.3) is 5.91 Å². The molecule has 2 heterocycles. The van der Waals surface area contributed by atoms with Gasteiger partial charge in [-0.25, -0.2) is 9.59 Å². The monoisotopic (exact) mass is 389 g/mol. The number of ether oxygens (including phenoxy) is 1. The van der Waals surface area contributed by atoms with Crippen LogP contribution in [0.2, 0.25) is 0 Å². The Balaban J connectivity index is 1.53. The Morgan fingerprint density at radius 1 is 0.966 bits per heavy atom. The minimum absolute atomic E-state index is 0.0528. The molecule has 0 aliphatic rings. The number of rotatable bonds is 5. The van der Waals surface area contributed by atoms with Crippen molar-refractivity contribution in [3.05, 3.63) is 100 Å². The van der Waals surface area contributed by atoms with E-state index in [9.17, 15) is 14.4 Å². The van der Waals surface area contributed by atoms with Gasteiger partial charge in [-0.1, -0.05) is 30.3 Å². The Kier molecular flexibility index (Phi) is 4.94. The summed E-state index contributed by atoms with van der Waals surface area (Å²) in [5.74, 6) is -0.966. The maximum atomic E-state index is 12.4. The summed E-state index contributed by atoms with van der Waals surface area (Å²) < 4.78 is 15.4. The molecule has 4 aromatic rings. The zero-order valence-electron chi connectivity index (χ0n) is 15.1. The maximum Gasteiger partial charge on any atom is 0.379 e. The van der Waals surface area contributed by atoms with E-state index in [0.29, 0.717) is 11.9 Å². The van der Waals surface area contributed by atoms with Gasteiger partial charge in [0, 0.05) is 18.0 Å². The van der Waals surface area contributed by atoms with E-state index in [1.807, 2.05) is 30.3 Å². The third kappa shape index (κ3) is 4.08. The lowest BCUT2D eigenvalue weighted by Crippen LogP contribution is -2.27. The van der Waals surface area contributed by atoms with Gasteiger partial charge in [-0.15, -0.1) is 0 Å². The van der Waals surface area contributed by atoms with E-state index in [-0.39, 0.29) is 22.7 Å². The first-order chi connectivity index (χ1) is 14.1. The number of carbonyl (C=O) groups excluding carboxylic acids is 2. The molecule has 0 saturated heterocycles. The fraction of sp³-hybridized carbons (Fsp3) is 0.0455. The van der Waals surface area contributed by atoms with Crippen LogP contribution in [0, 0.1) is 0 Å². The number of fused-ring (bicyclic) bond motifs is 1. The minimum Gasteiger partial charge on any atom is -0.457 e. The Labute approximate surface area is 164 Å². The number of furan rings is 1. The summed E-state index contributed by atoms with van der Waals surface area (Å²) in [6, 6.07) is 18.4. The van der Waals surface area contributed by atoms with Gasteiger partial charge in [-0.05, 0) is 35.9 Å². The largest absolute Gasteiger partial charge is 0.457 e. The van der Waals surface area contributed by atoms with E-state index >= 15 is 0 Å². The number of carbonyl (C=O) groups is 2. The molecule has 2 aromatic carbocycles. The average molecular weight is 389 g/mol. The molecule has 0 fully saturated rings. The average Bonchev–Trinajstić information content (AvgIpc) is 3.27. The first-order valence-electron chi connectivity index (χ1n) is 8.76. The molecule has 7 nitrogen and oxygen atoms in total. The van der Waals surface area contributed by atoms with Crippen molar-refractivity contribution in [2.75, 3.05) is 0 Å². The molecule has 0 aliphatic heterocycles. The molecular weight excluding hydrogens is 374 g/mol. The second-order valence-electron chi connectivity index (χ2n) is 6.18. The smallest absolute Gasteiger partial charge is 0.379 e. The molecule has 4 rings (SSSR count). The SMILES string of the molecule is O=C(Oc1ccc2cc(C(=O)NCc3ccccc3)c(=O)oc2c1)c1ccco1. The number of esters is 1. The normalized spacial score (nSPS) is 10.6. The summed E-state index contributed by atoms with van der Waals surface area (Å²) in [4.78, 5) is 36.6. The molecule has 2 aromatic heterocycles. The highest BCUT2D eigenvalue weighted by molar-refractivity contribution is 5.97. The summed E-state index contributed by atoms with van der Waals surface area (Å²) in [5, 5.41) is 3.22. The van der Waals surface area contributed by atoms with Gasteiger partial charge < -0.3 is 18.9 Å². The fourth-order valence-electron chi connectivity index (χ4n) is 2.74. The highest BCUT2D eigenvalue weighted by Gasteiger charge is 2.16. The van der Waals surface area contributed by atoms with Crippen molar-refractivity contribution in [2.24, 2.45) is 0 Å². The number of benzene rings is 2. The van der Waals surface area contributed by atoms with E-state index in [0.717, 1.165) is 5.56 Å². The molecule has 0 aliphatic carbocycles. The van der Waals surface area contributed by atoms with Crippen molar-refractivity contribution < 1.29 is 23.2 Å². The highest BCUT2D eigenvalue weighted by atomic mass is 16.5. The Hall–Kier alpha value is -4.13. The summed E-state index contributed by atoms with van der Waals surface area (Å²) in [6.07, 6.45) is 1.36. The van der Waals surface area contributed by atoms with E-state index in [1.54, 1.807) is 12.1 Å². The van der Waals surface area contributed by atoms with Crippen LogP contribution in [0.15, 0.2) is 86.6 Å². The molecule has 7 heteroatoms. The second kappa shape index (κ2) is 7.85. The molecule has 144 valence electrons. The van der Waals surface area contributed by atoms with Crippen LogP contribution in [0.3, 0.4) is 0 Å². The highest BCUT2D eigenvalue weighted by Crippen LogP contribution is 2.21. The Morgan fingerprint density at radius 2 is 1.79 bits per heavy atom. The number of hydrogen-bond donors (Lipinski definition) is 1. The quantitative estimate of drug-likeness (QED) is 0.318. The predicted octanol–water partition coefficient (Wildman–Crippen LogP) is 3.54. The van der Waals surface area contributed by atoms with Crippen LogP contribution < -0.4 is 15.7 Å². The van der Waals surface area contributed by atoms with Crippen LogP contribution in [0.25, 0.3) is 11.0 Å². The van der Waals surface area contributed by atoms with Crippen molar-refractivity contribution in [3.8, 4) is 5.75 Å². The molecular formula is C22H15NO6. The summed E-state index contributed by atoms with van der Waals surface area (Å²) >= 11 is 0. The van der Waals surface area contributed by atoms with Crippen molar-refractivity contribution in [3.63, 3.8) is 0 Å². The van der Waals surface area contributed by atoms with Crippen LogP contribution in [0.1, 0.15) is 26.5 Å². The standard InChI is InChI=1S/C22H15NO6/c24-20(23-13-14-5-2-1-3-6-14)17-11-15-8-9-16(12-19(15)29-21(17)25)28-22(26)18-7-4-10-27-18/h1-12H,13H2,(H,23,24). The van der Waals surface area contributed by atoms with Crippen molar-refractivity contribution in [2.45, 2.75) is 6.54 Å². The van der Waals surface area contributed by atoms with Crippen LogP contribution in [0.5, 0.6) is 5.75 Å². The predicted molar refractivity (Wildman–Crippen MR) is 104 cm³/mol. The Bertz CT molecular complexity index is 1230. The first kappa shape index (κ1) is 18.2. The van der Waals surface area contributed by atoms with Crippen LogP contribution in [-0.4, -0.2) is 11.9 Å². The van der Waals surface area contributed by atoms with Gasteiger partial charge >= 0.3 is 11.6 Å². The molecule has 1 amide bonds. The second-order valence-corrected chi connectivity index (χ2v) is 6.18. The number of nitrogens with one attached hydrogen (secondary N) is 1. The fourth-order valence-corrected chi connectivity index (χ4v) is 2.74. The molecule has 0 atom stereocenters. The van der Waals surface area contributed by atoms with Gasteiger partial charge in [0.15, 0.2) is 0 Å². The summed E-state index contributed by atoms with van der Waals surface area (Å²) in [6.45, 7) is 0.290. The van der Waals surface area contributed by atoms with Crippen LogP contribution in [0.4, 0.5) is 0 Å². The van der Waals surface area contributed by atoms with Gasteiger partial charge in [-0.3, -0.25) is 4.79 Å². The van der Waals surface area contributed by atoms with E-state index in [4.69, 9.17) is 13.6 Å². The van der Waals surface area contributed by atoms with Crippen LogP contribution in [-0.2, 0) is 6.54 Å². The molecule has 0 unspecified atom stereocenters. The van der Waals surface area contributed by atoms with Crippen molar-refractivity contribution >= 4 is 22.8 Å². The van der Waals surface area contributed by atoms with Crippen molar-refractivity contribution in [1.82, 2.24) is 5.32 Å². The number of hydrogen-bond acceptors (Lipinski definition) is 6. The van der Waals surface area contributed by atoms with Gasteiger partial charge in [0.1, 0.15) is 16.9 Å². The molecule has 0 saturated carbocycles. The van der Waals surface area contributed by atoms with E-state index in [1.165, 1.54) is 30.5 Å². The lowest BCUT2D eigenvalue weighted by atomic mass is 10.1. The number of amides is 1. The molecule has 0 bridgehead atoms. The molecule has 29 heavy (non-hydrogen) atoms. The summed E-state index contributed by atoms with van der Waals surface area (Å²) in [7, 11) is 0.